The van der Waals surface area contributed by atoms with E-state index in [1.807, 2.05) is 12.1 Å². The lowest BCUT2D eigenvalue weighted by Crippen LogP contribution is -2.38. The number of hydrogen-bond donors (Lipinski definition) is 2. The topological polar surface area (TPSA) is 45.7 Å². The number of aliphatic imine (C=N–C) groups is 1. The van der Waals surface area contributed by atoms with Gasteiger partial charge in [-0.3, -0.25) is 4.99 Å². The zero-order valence-corrected chi connectivity index (χ0v) is 14.0. The Balaban J connectivity index is 0.00000180. The van der Waals surface area contributed by atoms with E-state index in [9.17, 15) is 0 Å². The van der Waals surface area contributed by atoms with Gasteiger partial charge in [-0.15, -0.1) is 24.0 Å². The van der Waals surface area contributed by atoms with Crippen molar-refractivity contribution in [1.82, 2.24) is 10.6 Å². The van der Waals surface area contributed by atoms with Gasteiger partial charge >= 0.3 is 0 Å². The third-order valence-electron chi connectivity index (χ3n) is 3.27. The van der Waals surface area contributed by atoms with Crippen molar-refractivity contribution in [2.75, 3.05) is 14.2 Å². The molecule has 0 radical (unpaired) electrons. The summed E-state index contributed by atoms with van der Waals surface area (Å²) in [6.45, 7) is 3.01. The molecule has 0 spiro atoms. The van der Waals surface area contributed by atoms with Gasteiger partial charge in [-0.1, -0.05) is 19.1 Å². The number of benzene rings is 1. The molecule has 1 aromatic rings. The van der Waals surface area contributed by atoms with Gasteiger partial charge in [0.1, 0.15) is 5.75 Å². The van der Waals surface area contributed by atoms with Crippen LogP contribution in [0.3, 0.4) is 0 Å². The van der Waals surface area contributed by atoms with Crippen LogP contribution in [0.15, 0.2) is 29.3 Å². The minimum absolute atomic E-state index is 0. The highest BCUT2D eigenvalue weighted by atomic mass is 127. The first-order chi connectivity index (χ1) is 8.72. The molecule has 1 aromatic carbocycles. The standard InChI is InChI=1S/C14H21N3O.HI/c1-10-8-13(10)17-14(15-2)16-9-11-4-6-12(18-3)7-5-11;/h4-7,10,13H,8-9H2,1-3H3,(H2,15,16,17);1H. The summed E-state index contributed by atoms with van der Waals surface area (Å²) in [5, 5.41) is 6.71. The SMILES string of the molecule is CN=C(NCc1ccc(OC)cc1)NC1CC1C.I. The fraction of sp³-hybridized carbons (Fsp3) is 0.500. The molecule has 0 aromatic heterocycles. The van der Waals surface area contributed by atoms with Crippen LogP contribution in [0.5, 0.6) is 5.75 Å². The monoisotopic (exact) mass is 375 g/mol. The maximum absolute atomic E-state index is 5.13. The molecule has 1 fully saturated rings. The molecule has 106 valence electrons. The molecule has 0 aliphatic heterocycles. The second kappa shape index (κ2) is 7.57. The van der Waals surface area contributed by atoms with E-state index >= 15 is 0 Å². The highest BCUT2D eigenvalue weighted by Gasteiger charge is 2.33. The van der Waals surface area contributed by atoms with Crippen molar-refractivity contribution in [3.05, 3.63) is 29.8 Å². The van der Waals surface area contributed by atoms with Crippen LogP contribution in [-0.2, 0) is 6.54 Å². The second-order valence-corrected chi connectivity index (χ2v) is 4.74. The van der Waals surface area contributed by atoms with Gasteiger partial charge < -0.3 is 15.4 Å². The van der Waals surface area contributed by atoms with Gasteiger partial charge in [0.15, 0.2) is 5.96 Å². The van der Waals surface area contributed by atoms with E-state index in [4.69, 9.17) is 4.74 Å². The summed E-state index contributed by atoms with van der Waals surface area (Å²) in [5.74, 6) is 2.53. The van der Waals surface area contributed by atoms with Crippen molar-refractivity contribution >= 4 is 29.9 Å². The number of halogens is 1. The summed E-state index contributed by atoms with van der Waals surface area (Å²) in [6.07, 6.45) is 1.24. The maximum Gasteiger partial charge on any atom is 0.191 e. The van der Waals surface area contributed by atoms with E-state index in [1.165, 1.54) is 12.0 Å². The minimum Gasteiger partial charge on any atom is -0.497 e. The van der Waals surface area contributed by atoms with Gasteiger partial charge in [0.2, 0.25) is 0 Å². The average Bonchev–Trinajstić information content (AvgIpc) is 3.10. The van der Waals surface area contributed by atoms with Crippen molar-refractivity contribution < 1.29 is 4.74 Å². The number of hydrogen-bond acceptors (Lipinski definition) is 2. The summed E-state index contributed by atoms with van der Waals surface area (Å²) in [6, 6.07) is 8.64. The normalized spacial score (nSPS) is 21.3. The first kappa shape index (κ1) is 16.1. The zero-order chi connectivity index (χ0) is 13.0. The lowest BCUT2D eigenvalue weighted by Gasteiger charge is -2.11. The van der Waals surface area contributed by atoms with E-state index in [-0.39, 0.29) is 24.0 Å². The molecular weight excluding hydrogens is 353 g/mol. The summed E-state index contributed by atoms with van der Waals surface area (Å²) in [5.41, 5.74) is 1.21. The van der Waals surface area contributed by atoms with Gasteiger partial charge in [0.25, 0.3) is 0 Å². The Bertz CT molecular complexity index is 419. The highest BCUT2D eigenvalue weighted by Crippen LogP contribution is 2.28. The predicted octanol–water partition coefficient (Wildman–Crippen LogP) is 2.39. The van der Waals surface area contributed by atoms with Gasteiger partial charge in [0.05, 0.1) is 7.11 Å². The fourth-order valence-electron chi connectivity index (χ4n) is 1.82. The second-order valence-electron chi connectivity index (χ2n) is 4.74. The Morgan fingerprint density at radius 1 is 1.37 bits per heavy atom. The molecule has 2 rings (SSSR count). The Morgan fingerprint density at radius 3 is 2.47 bits per heavy atom. The Kier molecular flexibility index (Phi) is 6.41. The van der Waals surface area contributed by atoms with Crippen LogP contribution in [0.1, 0.15) is 18.9 Å². The molecule has 5 heteroatoms. The first-order valence-electron chi connectivity index (χ1n) is 6.33. The molecule has 2 atom stereocenters. The van der Waals surface area contributed by atoms with Crippen molar-refractivity contribution in [2.24, 2.45) is 10.9 Å². The van der Waals surface area contributed by atoms with Crippen molar-refractivity contribution in [3.8, 4) is 5.75 Å². The predicted molar refractivity (Wildman–Crippen MR) is 89.3 cm³/mol. The zero-order valence-electron chi connectivity index (χ0n) is 11.6. The van der Waals surface area contributed by atoms with E-state index in [0.29, 0.717) is 6.04 Å². The highest BCUT2D eigenvalue weighted by molar-refractivity contribution is 14.0. The Labute approximate surface area is 132 Å². The number of guanidine groups is 1. The summed E-state index contributed by atoms with van der Waals surface area (Å²) in [7, 11) is 3.48. The third-order valence-corrected chi connectivity index (χ3v) is 3.27. The number of ether oxygens (including phenoxy) is 1. The van der Waals surface area contributed by atoms with Crippen LogP contribution in [0.4, 0.5) is 0 Å². The van der Waals surface area contributed by atoms with Crippen LogP contribution in [0.25, 0.3) is 0 Å². The van der Waals surface area contributed by atoms with Gasteiger partial charge in [0, 0.05) is 19.6 Å². The van der Waals surface area contributed by atoms with Crippen molar-refractivity contribution in [1.29, 1.82) is 0 Å². The Morgan fingerprint density at radius 2 is 2.00 bits per heavy atom. The molecule has 0 amide bonds. The van der Waals surface area contributed by atoms with Crippen LogP contribution in [0, 0.1) is 5.92 Å². The van der Waals surface area contributed by atoms with E-state index in [2.05, 4.69) is 34.7 Å². The molecule has 1 aliphatic rings. The first-order valence-corrected chi connectivity index (χ1v) is 6.33. The van der Waals surface area contributed by atoms with Gasteiger partial charge in [-0.25, -0.2) is 0 Å². The molecule has 1 saturated carbocycles. The molecule has 2 unspecified atom stereocenters. The lowest BCUT2D eigenvalue weighted by atomic mass is 10.2. The van der Waals surface area contributed by atoms with E-state index in [1.54, 1.807) is 14.2 Å². The van der Waals surface area contributed by atoms with Crippen molar-refractivity contribution in [3.63, 3.8) is 0 Å². The number of methoxy groups -OCH3 is 1. The average molecular weight is 375 g/mol. The van der Waals surface area contributed by atoms with Crippen LogP contribution < -0.4 is 15.4 Å². The fourth-order valence-corrected chi connectivity index (χ4v) is 1.82. The van der Waals surface area contributed by atoms with E-state index in [0.717, 1.165) is 24.2 Å². The minimum atomic E-state index is 0. The molecule has 0 heterocycles. The summed E-state index contributed by atoms with van der Waals surface area (Å²) in [4.78, 5) is 4.22. The van der Waals surface area contributed by atoms with Crippen LogP contribution >= 0.6 is 24.0 Å². The molecule has 0 saturated heterocycles. The maximum atomic E-state index is 5.13. The lowest BCUT2D eigenvalue weighted by molar-refractivity contribution is 0.414. The smallest absolute Gasteiger partial charge is 0.191 e. The van der Waals surface area contributed by atoms with Gasteiger partial charge in [-0.2, -0.15) is 0 Å². The van der Waals surface area contributed by atoms with Crippen molar-refractivity contribution in [2.45, 2.75) is 25.9 Å². The molecule has 0 bridgehead atoms. The van der Waals surface area contributed by atoms with Gasteiger partial charge in [-0.05, 0) is 30.0 Å². The number of nitrogens with one attached hydrogen (secondary N) is 2. The third kappa shape index (κ3) is 4.89. The number of nitrogens with zero attached hydrogens (tertiary/aromatic N) is 1. The molecule has 1 aliphatic carbocycles. The molecule has 4 nitrogen and oxygen atoms in total. The molecule has 2 N–H and O–H groups in total. The number of rotatable bonds is 4. The van der Waals surface area contributed by atoms with E-state index < -0.39 is 0 Å². The van der Waals surface area contributed by atoms with Crippen LogP contribution in [-0.4, -0.2) is 26.2 Å². The Hall–Kier alpha value is -0.980. The molecular formula is C14H22IN3O. The van der Waals surface area contributed by atoms with Crippen LogP contribution in [0.2, 0.25) is 0 Å². The largest absolute Gasteiger partial charge is 0.497 e. The molecule has 19 heavy (non-hydrogen) atoms. The summed E-state index contributed by atoms with van der Waals surface area (Å²) < 4.78 is 5.13. The summed E-state index contributed by atoms with van der Waals surface area (Å²) >= 11 is 0. The quantitative estimate of drug-likeness (QED) is 0.483.